The van der Waals surface area contributed by atoms with Crippen molar-refractivity contribution in [1.29, 1.82) is 0 Å². The van der Waals surface area contributed by atoms with E-state index in [9.17, 15) is 17.6 Å². The zero-order chi connectivity index (χ0) is 24.6. The molecule has 35 heavy (non-hydrogen) atoms. The third-order valence-corrected chi connectivity index (χ3v) is 6.41. The lowest BCUT2D eigenvalue weighted by Gasteiger charge is -2.36. The second-order valence-corrected chi connectivity index (χ2v) is 8.54. The fourth-order valence-electron chi connectivity index (χ4n) is 4.63. The first-order chi connectivity index (χ1) is 16.8. The van der Waals surface area contributed by atoms with E-state index in [1.165, 1.54) is 25.3 Å². The van der Waals surface area contributed by atoms with E-state index in [4.69, 9.17) is 9.15 Å². The number of para-hydroxylation sites is 1. The first-order valence-corrected chi connectivity index (χ1v) is 11.3. The molecule has 5 rings (SSSR count). The van der Waals surface area contributed by atoms with E-state index in [1.54, 1.807) is 30.3 Å². The summed E-state index contributed by atoms with van der Waals surface area (Å²) in [6, 6.07) is 17.5. The number of anilines is 1. The van der Waals surface area contributed by atoms with Gasteiger partial charge in [-0.15, -0.1) is 0 Å². The van der Waals surface area contributed by atoms with Crippen LogP contribution in [0.2, 0.25) is 0 Å². The molecule has 1 fully saturated rings. The van der Waals surface area contributed by atoms with Crippen LogP contribution in [0.4, 0.5) is 23.2 Å². The first kappa shape index (κ1) is 23.2. The van der Waals surface area contributed by atoms with Crippen LogP contribution in [-0.2, 0) is 12.7 Å². The number of fused-ring (bicyclic) bond motifs is 1. The number of halogens is 4. The molecule has 0 atom stereocenters. The molecule has 0 aliphatic carbocycles. The smallest absolute Gasteiger partial charge is 0.417 e. The Hall–Kier alpha value is -3.52. The van der Waals surface area contributed by atoms with Gasteiger partial charge in [-0.1, -0.05) is 36.4 Å². The summed E-state index contributed by atoms with van der Waals surface area (Å²) in [6.07, 6.45) is -4.50. The molecule has 1 aliphatic rings. The minimum atomic E-state index is -4.50. The van der Waals surface area contributed by atoms with Crippen molar-refractivity contribution >= 4 is 16.7 Å². The van der Waals surface area contributed by atoms with Crippen LogP contribution in [0, 0.1) is 5.82 Å². The van der Waals surface area contributed by atoms with E-state index in [0.717, 1.165) is 24.7 Å². The van der Waals surface area contributed by atoms with Crippen LogP contribution in [0.3, 0.4) is 0 Å². The van der Waals surface area contributed by atoms with Crippen LogP contribution in [0.5, 0.6) is 5.75 Å². The van der Waals surface area contributed by atoms with E-state index in [-0.39, 0.29) is 17.1 Å². The molecule has 182 valence electrons. The van der Waals surface area contributed by atoms with E-state index in [1.807, 2.05) is 17.0 Å². The monoisotopic (exact) mass is 484 g/mol. The van der Waals surface area contributed by atoms with Gasteiger partial charge in [0.15, 0.2) is 11.3 Å². The van der Waals surface area contributed by atoms with Crippen molar-refractivity contribution in [2.24, 2.45) is 0 Å². The fourth-order valence-corrected chi connectivity index (χ4v) is 4.63. The minimum Gasteiger partial charge on any atom is -0.493 e. The second-order valence-electron chi connectivity index (χ2n) is 8.54. The lowest BCUT2D eigenvalue weighted by atomic mass is 10.0. The normalized spacial score (nSPS) is 15.1. The number of furan rings is 1. The van der Waals surface area contributed by atoms with Crippen molar-refractivity contribution in [2.45, 2.75) is 12.7 Å². The van der Waals surface area contributed by atoms with Gasteiger partial charge in [-0.2, -0.15) is 13.2 Å². The maximum atomic E-state index is 14.2. The fraction of sp³-hybridized carbons (Fsp3) is 0.259. The molecule has 3 aromatic carbocycles. The quantitative estimate of drug-likeness (QED) is 0.299. The molecule has 0 N–H and O–H groups in total. The number of methoxy groups -OCH3 is 1. The van der Waals surface area contributed by atoms with E-state index in [0.29, 0.717) is 42.0 Å². The number of nitrogens with zero attached hydrogens (tertiary/aromatic N) is 2. The Morgan fingerprint density at radius 2 is 1.63 bits per heavy atom. The summed E-state index contributed by atoms with van der Waals surface area (Å²) in [5.74, 6) is 0.370. The van der Waals surface area contributed by atoms with Crippen molar-refractivity contribution < 1.29 is 26.7 Å². The van der Waals surface area contributed by atoms with Gasteiger partial charge in [0.05, 0.1) is 18.4 Å². The Labute approximate surface area is 200 Å². The number of hydrogen-bond donors (Lipinski definition) is 0. The number of alkyl halides is 3. The van der Waals surface area contributed by atoms with Crippen LogP contribution in [-0.4, -0.2) is 38.2 Å². The molecule has 1 aliphatic heterocycles. The largest absolute Gasteiger partial charge is 0.493 e. The van der Waals surface area contributed by atoms with Gasteiger partial charge in [0.2, 0.25) is 0 Å². The number of hydrogen-bond acceptors (Lipinski definition) is 4. The highest BCUT2D eigenvalue weighted by atomic mass is 19.4. The molecular formula is C27H24F4N2O2. The van der Waals surface area contributed by atoms with Crippen LogP contribution in [0.1, 0.15) is 11.1 Å². The Bertz CT molecular complexity index is 1340. The predicted octanol–water partition coefficient (Wildman–Crippen LogP) is 6.59. The van der Waals surface area contributed by atoms with E-state index < -0.39 is 11.7 Å². The molecule has 8 heteroatoms. The third-order valence-electron chi connectivity index (χ3n) is 6.41. The molecule has 0 unspecified atom stereocenters. The van der Waals surface area contributed by atoms with Crippen LogP contribution in [0.15, 0.2) is 71.1 Å². The van der Waals surface area contributed by atoms with Gasteiger partial charge in [-0.25, -0.2) is 4.39 Å². The molecule has 0 spiro atoms. The predicted molar refractivity (Wildman–Crippen MR) is 127 cm³/mol. The molecule has 0 saturated carbocycles. The molecular weight excluding hydrogens is 460 g/mol. The zero-order valence-corrected chi connectivity index (χ0v) is 19.1. The van der Waals surface area contributed by atoms with Gasteiger partial charge < -0.3 is 14.1 Å². The standard InChI is InChI=1S/C27H24F4N2O2/c1-34-24-11-10-18(17-32-12-14-33(15-13-32)23-9-5-4-8-22(23)28)20-16-25(35-26(20)24)19-6-2-3-7-21(19)27(29,30)31/h2-11,16H,12-15,17H2,1H3. The van der Waals surface area contributed by atoms with Crippen molar-refractivity contribution in [3.05, 3.63) is 83.7 Å². The molecule has 1 aromatic heterocycles. The summed E-state index contributed by atoms with van der Waals surface area (Å²) in [5.41, 5.74) is 1.19. The molecule has 4 aromatic rings. The highest BCUT2D eigenvalue weighted by Crippen LogP contribution is 2.41. The van der Waals surface area contributed by atoms with Crippen LogP contribution >= 0.6 is 0 Å². The van der Waals surface area contributed by atoms with Gasteiger partial charge in [0.1, 0.15) is 11.6 Å². The Balaban J connectivity index is 1.42. The minimum absolute atomic E-state index is 0.0114. The Kier molecular flexibility index (Phi) is 6.15. The van der Waals surface area contributed by atoms with Crippen molar-refractivity contribution in [2.75, 3.05) is 38.2 Å². The van der Waals surface area contributed by atoms with Crippen molar-refractivity contribution in [1.82, 2.24) is 4.90 Å². The van der Waals surface area contributed by atoms with Gasteiger partial charge in [0, 0.05) is 43.7 Å². The van der Waals surface area contributed by atoms with Gasteiger partial charge in [0.25, 0.3) is 0 Å². The van der Waals surface area contributed by atoms with E-state index in [2.05, 4.69) is 4.90 Å². The number of benzene rings is 3. The summed E-state index contributed by atoms with van der Waals surface area (Å²) >= 11 is 0. The Morgan fingerprint density at radius 3 is 2.34 bits per heavy atom. The molecule has 0 amide bonds. The maximum absolute atomic E-state index is 14.2. The lowest BCUT2D eigenvalue weighted by molar-refractivity contribution is -0.137. The zero-order valence-electron chi connectivity index (χ0n) is 19.1. The second kappa shape index (κ2) is 9.26. The maximum Gasteiger partial charge on any atom is 0.417 e. The van der Waals surface area contributed by atoms with Gasteiger partial charge in [-0.3, -0.25) is 4.90 Å². The Morgan fingerprint density at radius 1 is 0.914 bits per heavy atom. The average Bonchev–Trinajstić information content (AvgIpc) is 3.31. The average molecular weight is 484 g/mol. The summed E-state index contributed by atoms with van der Waals surface area (Å²) in [4.78, 5) is 4.27. The number of ether oxygens (including phenoxy) is 1. The SMILES string of the molecule is COc1ccc(CN2CCN(c3ccccc3F)CC2)c2cc(-c3ccccc3C(F)(F)F)oc12. The first-order valence-electron chi connectivity index (χ1n) is 11.3. The highest BCUT2D eigenvalue weighted by molar-refractivity contribution is 5.90. The number of piperazine rings is 1. The summed E-state index contributed by atoms with van der Waals surface area (Å²) < 4.78 is 66.3. The molecule has 4 nitrogen and oxygen atoms in total. The topological polar surface area (TPSA) is 28.9 Å². The number of rotatable bonds is 5. The third kappa shape index (κ3) is 4.58. The van der Waals surface area contributed by atoms with Crippen LogP contribution in [0.25, 0.3) is 22.3 Å². The summed E-state index contributed by atoms with van der Waals surface area (Å²) in [7, 11) is 1.50. The lowest BCUT2D eigenvalue weighted by Crippen LogP contribution is -2.46. The molecule has 1 saturated heterocycles. The molecule has 2 heterocycles. The summed E-state index contributed by atoms with van der Waals surface area (Å²) in [5, 5.41) is 0.716. The molecule has 0 bridgehead atoms. The highest BCUT2D eigenvalue weighted by Gasteiger charge is 2.34. The molecule has 0 radical (unpaired) electrons. The van der Waals surface area contributed by atoms with E-state index >= 15 is 0 Å². The van der Waals surface area contributed by atoms with Crippen molar-refractivity contribution in [3.63, 3.8) is 0 Å². The van der Waals surface area contributed by atoms with Gasteiger partial charge in [-0.05, 0) is 35.9 Å². The summed E-state index contributed by atoms with van der Waals surface area (Å²) in [6.45, 7) is 3.39. The van der Waals surface area contributed by atoms with Gasteiger partial charge >= 0.3 is 6.18 Å². The van der Waals surface area contributed by atoms with Crippen LogP contribution < -0.4 is 9.64 Å². The van der Waals surface area contributed by atoms with Crippen molar-refractivity contribution in [3.8, 4) is 17.1 Å².